The number of benzene rings is 2. The molecule has 2 aromatic carbocycles. The van der Waals surface area contributed by atoms with E-state index in [1.54, 1.807) is 6.07 Å². The second-order valence-electron chi connectivity index (χ2n) is 3.71. The van der Waals surface area contributed by atoms with Crippen LogP contribution >= 0.6 is 0 Å². The molecule has 0 aliphatic rings. The molecule has 0 fully saturated rings. The molecular formula is C12H13NO2S. The molecule has 0 saturated carbocycles. The first-order valence-corrected chi connectivity index (χ1v) is 6.61. The lowest BCUT2D eigenvalue weighted by Gasteiger charge is -2.07. The van der Waals surface area contributed by atoms with Crippen molar-refractivity contribution in [3.8, 4) is 0 Å². The van der Waals surface area contributed by atoms with E-state index in [0.29, 0.717) is 6.42 Å². The van der Waals surface area contributed by atoms with Gasteiger partial charge in [0.15, 0.2) is 0 Å². The van der Waals surface area contributed by atoms with Crippen LogP contribution in [0.15, 0.2) is 41.3 Å². The molecule has 0 spiro atoms. The van der Waals surface area contributed by atoms with Gasteiger partial charge in [0.2, 0.25) is 10.0 Å². The number of hydrogen-bond donors (Lipinski definition) is 1. The summed E-state index contributed by atoms with van der Waals surface area (Å²) >= 11 is 0. The molecule has 0 heterocycles. The quantitative estimate of drug-likeness (QED) is 0.866. The van der Waals surface area contributed by atoms with Gasteiger partial charge in [-0.25, -0.2) is 13.6 Å². The minimum Gasteiger partial charge on any atom is -0.225 e. The molecule has 0 aliphatic carbocycles. The zero-order valence-electron chi connectivity index (χ0n) is 8.97. The molecule has 0 bridgehead atoms. The normalized spacial score (nSPS) is 11.9. The molecule has 0 unspecified atom stereocenters. The van der Waals surface area contributed by atoms with E-state index in [9.17, 15) is 8.42 Å². The Balaban J connectivity index is 2.83. The maximum Gasteiger partial charge on any atom is 0.238 e. The fourth-order valence-electron chi connectivity index (χ4n) is 1.81. The zero-order valence-corrected chi connectivity index (χ0v) is 9.79. The van der Waals surface area contributed by atoms with Crippen LogP contribution in [0.3, 0.4) is 0 Å². The summed E-state index contributed by atoms with van der Waals surface area (Å²) in [7, 11) is -3.64. The Morgan fingerprint density at radius 1 is 1.12 bits per heavy atom. The Hall–Kier alpha value is -1.39. The van der Waals surface area contributed by atoms with Crippen LogP contribution in [0.25, 0.3) is 10.8 Å². The zero-order chi connectivity index (χ0) is 11.8. The van der Waals surface area contributed by atoms with Crippen LogP contribution in [0.4, 0.5) is 0 Å². The maximum absolute atomic E-state index is 11.4. The smallest absolute Gasteiger partial charge is 0.225 e. The first-order chi connectivity index (χ1) is 7.52. The molecule has 4 heteroatoms. The van der Waals surface area contributed by atoms with Gasteiger partial charge < -0.3 is 0 Å². The van der Waals surface area contributed by atoms with E-state index >= 15 is 0 Å². The number of hydrogen-bond acceptors (Lipinski definition) is 2. The monoisotopic (exact) mass is 235 g/mol. The number of nitrogens with two attached hydrogens (primary N) is 1. The highest BCUT2D eigenvalue weighted by atomic mass is 32.2. The van der Waals surface area contributed by atoms with Crippen molar-refractivity contribution in [2.75, 3.05) is 0 Å². The molecule has 0 amide bonds. The molecule has 2 aromatic rings. The van der Waals surface area contributed by atoms with Crippen LogP contribution < -0.4 is 5.14 Å². The molecular weight excluding hydrogens is 222 g/mol. The average molecular weight is 235 g/mol. The third-order valence-electron chi connectivity index (χ3n) is 2.62. The summed E-state index contributed by atoms with van der Waals surface area (Å²) in [6.07, 6.45) is 0.649. The van der Waals surface area contributed by atoms with Crippen LogP contribution in [0.5, 0.6) is 0 Å². The van der Waals surface area contributed by atoms with Gasteiger partial charge in [0.25, 0.3) is 0 Å². The molecule has 0 aromatic heterocycles. The summed E-state index contributed by atoms with van der Waals surface area (Å²) in [5.41, 5.74) is 0.765. The van der Waals surface area contributed by atoms with Gasteiger partial charge in [0.05, 0.1) is 4.90 Å². The first kappa shape index (κ1) is 11.1. The van der Waals surface area contributed by atoms with E-state index in [-0.39, 0.29) is 4.90 Å². The first-order valence-electron chi connectivity index (χ1n) is 5.07. The average Bonchev–Trinajstić information content (AvgIpc) is 2.26. The molecule has 2 N–H and O–H groups in total. The van der Waals surface area contributed by atoms with Gasteiger partial charge in [-0.15, -0.1) is 0 Å². The molecule has 2 rings (SSSR count). The standard InChI is InChI=1S/C12H13NO2S/c1-2-9-7-10-5-3-4-6-11(10)8-12(9)16(13,14)15/h3-8H,2H2,1H3,(H2,13,14,15). The lowest BCUT2D eigenvalue weighted by molar-refractivity contribution is 0.597. The predicted octanol–water partition coefficient (Wildman–Crippen LogP) is 2.05. The van der Waals surface area contributed by atoms with E-state index in [1.807, 2.05) is 37.3 Å². The highest BCUT2D eigenvalue weighted by molar-refractivity contribution is 7.89. The van der Waals surface area contributed by atoms with Gasteiger partial charge in [-0.05, 0) is 34.9 Å². The van der Waals surface area contributed by atoms with Crippen molar-refractivity contribution in [1.82, 2.24) is 0 Å². The Morgan fingerprint density at radius 3 is 2.19 bits per heavy atom. The lowest BCUT2D eigenvalue weighted by Crippen LogP contribution is -2.14. The van der Waals surface area contributed by atoms with Crippen molar-refractivity contribution in [1.29, 1.82) is 0 Å². The van der Waals surface area contributed by atoms with Gasteiger partial charge in [-0.1, -0.05) is 31.2 Å². The highest BCUT2D eigenvalue weighted by Crippen LogP contribution is 2.23. The summed E-state index contributed by atoms with van der Waals surface area (Å²) < 4.78 is 22.9. The van der Waals surface area contributed by atoms with Crippen LogP contribution in [-0.4, -0.2) is 8.42 Å². The highest BCUT2D eigenvalue weighted by Gasteiger charge is 2.13. The SMILES string of the molecule is CCc1cc2ccccc2cc1S(N)(=O)=O. The topological polar surface area (TPSA) is 60.2 Å². The Bertz CT molecular complexity index is 633. The maximum atomic E-state index is 11.4. The Kier molecular flexibility index (Phi) is 2.69. The summed E-state index contributed by atoms with van der Waals surface area (Å²) in [5, 5.41) is 7.12. The molecule has 0 saturated heterocycles. The summed E-state index contributed by atoms with van der Waals surface area (Å²) in [5.74, 6) is 0. The number of rotatable bonds is 2. The van der Waals surface area contributed by atoms with E-state index < -0.39 is 10.0 Å². The van der Waals surface area contributed by atoms with Gasteiger partial charge in [-0.2, -0.15) is 0 Å². The minimum absolute atomic E-state index is 0.230. The fourth-order valence-corrected chi connectivity index (χ4v) is 2.67. The third kappa shape index (κ3) is 1.94. The van der Waals surface area contributed by atoms with Gasteiger partial charge >= 0.3 is 0 Å². The second kappa shape index (κ2) is 3.88. The van der Waals surface area contributed by atoms with Crippen LogP contribution in [0.1, 0.15) is 12.5 Å². The van der Waals surface area contributed by atoms with Crippen molar-refractivity contribution in [2.24, 2.45) is 5.14 Å². The summed E-state index contributed by atoms with van der Waals surface area (Å²) in [6.45, 7) is 1.92. The van der Waals surface area contributed by atoms with Gasteiger partial charge in [-0.3, -0.25) is 0 Å². The Labute approximate surface area is 94.9 Å². The van der Waals surface area contributed by atoms with E-state index in [2.05, 4.69) is 0 Å². The van der Waals surface area contributed by atoms with Gasteiger partial charge in [0.1, 0.15) is 0 Å². The van der Waals surface area contributed by atoms with Crippen molar-refractivity contribution in [3.63, 3.8) is 0 Å². The predicted molar refractivity (Wildman–Crippen MR) is 64.7 cm³/mol. The number of fused-ring (bicyclic) bond motifs is 1. The van der Waals surface area contributed by atoms with Crippen molar-refractivity contribution in [2.45, 2.75) is 18.2 Å². The van der Waals surface area contributed by atoms with Gasteiger partial charge in [0, 0.05) is 0 Å². The second-order valence-corrected chi connectivity index (χ2v) is 5.24. The molecule has 0 aliphatic heterocycles. The molecule has 0 radical (unpaired) electrons. The molecule has 3 nitrogen and oxygen atoms in total. The van der Waals surface area contributed by atoms with Crippen molar-refractivity contribution >= 4 is 20.8 Å². The fraction of sp³-hybridized carbons (Fsp3) is 0.167. The Morgan fingerprint density at radius 2 is 1.69 bits per heavy atom. The van der Waals surface area contributed by atoms with Crippen molar-refractivity contribution < 1.29 is 8.42 Å². The van der Waals surface area contributed by atoms with E-state index in [0.717, 1.165) is 16.3 Å². The minimum atomic E-state index is -3.64. The van der Waals surface area contributed by atoms with Crippen molar-refractivity contribution in [3.05, 3.63) is 42.0 Å². The third-order valence-corrected chi connectivity index (χ3v) is 3.61. The number of primary sulfonamides is 1. The molecule has 0 atom stereocenters. The van der Waals surface area contributed by atoms with E-state index in [1.165, 1.54) is 0 Å². The van der Waals surface area contributed by atoms with Crippen LogP contribution in [0, 0.1) is 0 Å². The largest absolute Gasteiger partial charge is 0.238 e. The summed E-state index contributed by atoms with van der Waals surface area (Å²) in [6, 6.07) is 11.2. The molecule has 16 heavy (non-hydrogen) atoms. The number of sulfonamides is 1. The number of aryl methyl sites for hydroxylation is 1. The van der Waals surface area contributed by atoms with Crippen LogP contribution in [-0.2, 0) is 16.4 Å². The van der Waals surface area contributed by atoms with Crippen LogP contribution in [0.2, 0.25) is 0 Å². The summed E-state index contributed by atoms with van der Waals surface area (Å²) in [4.78, 5) is 0.230. The lowest BCUT2D eigenvalue weighted by atomic mass is 10.1. The van der Waals surface area contributed by atoms with E-state index in [4.69, 9.17) is 5.14 Å². The molecule has 84 valence electrons.